The lowest BCUT2D eigenvalue weighted by atomic mass is 9.87. The Balaban J connectivity index is 1.71. The SMILES string of the molecule is COc1cc(O)c(C2Oc3cc(O)c(C4OC(CO)C(O)C(O)C4O)c(O)c3CC2O)cc1O. The van der Waals surface area contributed by atoms with Gasteiger partial charge in [0.2, 0.25) is 0 Å². The van der Waals surface area contributed by atoms with Gasteiger partial charge < -0.3 is 60.2 Å². The fraction of sp³-hybridized carbons (Fsp3) is 0.455. The molecule has 186 valence electrons. The van der Waals surface area contributed by atoms with Gasteiger partial charge in [0.25, 0.3) is 0 Å². The molecule has 0 radical (unpaired) electrons. The lowest BCUT2D eigenvalue weighted by molar-refractivity contribution is -0.232. The molecule has 2 aromatic rings. The van der Waals surface area contributed by atoms with Crippen LogP contribution in [-0.4, -0.2) is 90.2 Å². The Hall–Kier alpha value is -3.00. The van der Waals surface area contributed by atoms with E-state index in [1.54, 1.807) is 0 Å². The molecule has 7 unspecified atom stereocenters. The highest BCUT2D eigenvalue weighted by atomic mass is 16.5. The van der Waals surface area contributed by atoms with E-state index in [0.717, 1.165) is 18.2 Å². The van der Waals surface area contributed by atoms with Gasteiger partial charge in [0.1, 0.15) is 53.5 Å². The van der Waals surface area contributed by atoms with Crippen LogP contribution in [0.25, 0.3) is 0 Å². The van der Waals surface area contributed by atoms with E-state index in [9.17, 15) is 46.0 Å². The zero-order valence-electron chi connectivity index (χ0n) is 17.9. The van der Waals surface area contributed by atoms with Crippen LogP contribution in [0, 0.1) is 0 Å². The van der Waals surface area contributed by atoms with Crippen LogP contribution in [0.4, 0.5) is 0 Å². The van der Waals surface area contributed by atoms with Crippen molar-refractivity contribution >= 4 is 0 Å². The molecule has 0 aliphatic carbocycles. The maximum atomic E-state index is 10.9. The summed E-state index contributed by atoms with van der Waals surface area (Å²) in [6.07, 6.45) is -10.6. The normalized spacial score (nSPS) is 30.9. The number of phenols is 4. The van der Waals surface area contributed by atoms with E-state index in [-0.39, 0.29) is 46.1 Å². The molecule has 2 heterocycles. The number of aliphatic hydroxyl groups excluding tert-OH is 5. The van der Waals surface area contributed by atoms with Crippen LogP contribution in [0.3, 0.4) is 0 Å². The first-order valence-electron chi connectivity index (χ1n) is 10.4. The molecule has 0 spiro atoms. The lowest BCUT2D eigenvalue weighted by Gasteiger charge is -2.41. The van der Waals surface area contributed by atoms with Crippen molar-refractivity contribution in [2.75, 3.05) is 13.7 Å². The zero-order valence-corrected chi connectivity index (χ0v) is 17.9. The minimum absolute atomic E-state index is 0.00593. The average Bonchev–Trinajstić information content (AvgIpc) is 2.80. The summed E-state index contributed by atoms with van der Waals surface area (Å²) in [5, 5.41) is 92.4. The summed E-state index contributed by atoms with van der Waals surface area (Å²) in [5.41, 5.74) is -0.242. The van der Waals surface area contributed by atoms with Crippen LogP contribution in [0.1, 0.15) is 28.9 Å². The quantitative estimate of drug-likeness (QED) is 0.242. The van der Waals surface area contributed by atoms with Crippen LogP contribution < -0.4 is 9.47 Å². The minimum atomic E-state index is -1.76. The third-order valence-corrected chi connectivity index (χ3v) is 6.21. The number of methoxy groups -OCH3 is 1. The smallest absolute Gasteiger partial charge is 0.164 e. The monoisotopic (exact) mass is 482 g/mol. The second kappa shape index (κ2) is 8.98. The van der Waals surface area contributed by atoms with Crippen molar-refractivity contribution in [2.45, 2.75) is 49.1 Å². The first-order chi connectivity index (χ1) is 16.1. The number of hydrogen-bond acceptors (Lipinski definition) is 12. The molecule has 1 saturated heterocycles. The predicted molar refractivity (Wildman–Crippen MR) is 112 cm³/mol. The molecule has 0 amide bonds. The van der Waals surface area contributed by atoms with Gasteiger partial charge in [0.15, 0.2) is 17.6 Å². The summed E-state index contributed by atoms with van der Waals surface area (Å²) in [6.45, 7) is -0.699. The van der Waals surface area contributed by atoms with Crippen molar-refractivity contribution in [3.63, 3.8) is 0 Å². The molecule has 7 atom stereocenters. The fourth-order valence-electron chi connectivity index (χ4n) is 4.38. The van der Waals surface area contributed by atoms with E-state index in [0.29, 0.717) is 0 Å². The summed E-state index contributed by atoms with van der Waals surface area (Å²) in [5.74, 6) is -1.84. The number of ether oxygens (including phenoxy) is 3. The third-order valence-electron chi connectivity index (χ3n) is 6.21. The Kier molecular flexibility index (Phi) is 6.38. The molecule has 12 heteroatoms. The molecule has 9 N–H and O–H groups in total. The summed E-state index contributed by atoms with van der Waals surface area (Å²) in [4.78, 5) is 0. The molecule has 2 aromatic carbocycles. The molecular formula is C22H26O12. The molecule has 4 rings (SSSR count). The van der Waals surface area contributed by atoms with Gasteiger partial charge in [-0.05, 0) is 6.07 Å². The molecule has 0 aromatic heterocycles. The summed E-state index contributed by atoms with van der Waals surface area (Å²) in [7, 11) is 1.30. The highest BCUT2D eigenvalue weighted by Crippen LogP contribution is 2.50. The second-order valence-corrected chi connectivity index (χ2v) is 8.28. The highest BCUT2D eigenvalue weighted by Gasteiger charge is 2.47. The second-order valence-electron chi connectivity index (χ2n) is 8.28. The number of aromatic hydroxyl groups is 4. The van der Waals surface area contributed by atoms with Gasteiger partial charge in [-0.25, -0.2) is 0 Å². The van der Waals surface area contributed by atoms with Gasteiger partial charge >= 0.3 is 0 Å². The Bertz CT molecular complexity index is 1070. The maximum Gasteiger partial charge on any atom is 0.164 e. The number of phenolic OH excluding ortho intramolecular Hbond substituents is 4. The number of hydrogen-bond donors (Lipinski definition) is 9. The van der Waals surface area contributed by atoms with Crippen molar-refractivity contribution in [2.24, 2.45) is 0 Å². The van der Waals surface area contributed by atoms with Gasteiger partial charge in [-0.1, -0.05) is 0 Å². The third kappa shape index (κ3) is 3.83. The van der Waals surface area contributed by atoms with Crippen molar-refractivity contribution in [3.8, 4) is 34.5 Å². The van der Waals surface area contributed by atoms with Gasteiger partial charge in [-0.3, -0.25) is 0 Å². The standard InChI is InChI=1S/C22H26O12/c1-32-14-4-9(24)7(2-10(14)25)21-12(27)3-8-13(33-21)5-11(26)16(17(8)28)22-20(31)19(30)18(29)15(6-23)34-22/h2,4-5,12,15,18-31H,3,6H2,1H3. The van der Waals surface area contributed by atoms with E-state index < -0.39 is 60.8 Å². The van der Waals surface area contributed by atoms with Crippen LogP contribution in [-0.2, 0) is 11.2 Å². The molecule has 2 aliphatic rings. The molecular weight excluding hydrogens is 456 g/mol. The van der Waals surface area contributed by atoms with Crippen LogP contribution in [0.5, 0.6) is 34.5 Å². The maximum absolute atomic E-state index is 10.9. The van der Waals surface area contributed by atoms with Crippen molar-refractivity contribution in [1.29, 1.82) is 0 Å². The summed E-state index contributed by atoms with van der Waals surface area (Å²) >= 11 is 0. The van der Waals surface area contributed by atoms with Crippen molar-refractivity contribution < 1.29 is 60.2 Å². The van der Waals surface area contributed by atoms with Crippen LogP contribution >= 0.6 is 0 Å². The van der Waals surface area contributed by atoms with Crippen molar-refractivity contribution in [1.82, 2.24) is 0 Å². The summed E-state index contributed by atoms with van der Waals surface area (Å²) < 4.78 is 16.1. The van der Waals surface area contributed by atoms with E-state index in [2.05, 4.69) is 0 Å². The van der Waals surface area contributed by atoms with Gasteiger partial charge in [0.05, 0.1) is 25.4 Å². The van der Waals surface area contributed by atoms with Crippen molar-refractivity contribution in [3.05, 3.63) is 34.9 Å². The molecule has 34 heavy (non-hydrogen) atoms. The van der Waals surface area contributed by atoms with E-state index in [4.69, 9.17) is 14.2 Å². The molecule has 0 saturated carbocycles. The molecule has 1 fully saturated rings. The Morgan fingerprint density at radius 2 is 1.59 bits per heavy atom. The fourth-order valence-corrected chi connectivity index (χ4v) is 4.38. The molecule has 0 bridgehead atoms. The Morgan fingerprint density at radius 1 is 0.882 bits per heavy atom. The van der Waals surface area contributed by atoms with Gasteiger partial charge in [0, 0.05) is 29.7 Å². The van der Waals surface area contributed by atoms with E-state index in [1.807, 2.05) is 0 Å². The Labute approximate surface area is 193 Å². The minimum Gasteiger partial charge on any atom is -0.507 e. The number of aliphatic hydroxyl groups is 5. The summed E-state index contributed by atoms with van der Waals surface area (Å²) in [6, 6.07) is 3.41. The predicted octanol–water partition coefficient (Wildman–Crippen LogP) is -0.930. The van der Waals surface area contributed by atoms with E-state index >= 15 is 0 Å². The first kappa shape index (κ1) is 24.1. The van der Waals surface area contributed by atoms with Crippen LogP contribution in [0.15, 0.2) is 18.2 Å². The number of fused-ring (bicyclic) bond motifs is 1. The first-order valence-corrected chi connectivity index (χ1v) is 10.4. The number of rotatable bonds is 4. The zero-order chi connectivity index (χ0) is 24.9. The lowest BCUT2D eigenvalue weighted by Crippen LogP contribution is -2.55. The average molecular weight is 482 g/mol. The number of benzene rings is 2. The van der Waals surface area contributed by atoms with E-state index in [1.165, 1.54) is 7.11 Å². The highest BCUT2D eigenvalue weighted by molar-refractivity contribution is 5.59. The molecule has 12 nitrogen and oxygen atoms in total. The Morgan fingerprint density at radius 3 is 2.24 bits per heavy atom. The topological polar surface area (TPSA) is 210 Å². The largest absolute Gasteiger partial charge is 0.507 e. The van der Waals surface area contributed by atoms with Gasteiger partial charge in [-0.15, -0.1) is 0 Å². The van der Waals surface area contributed by atoms with Crippen LogP contribution in [0.2, 0.25) is 0 Å². The van der Waals surface area contributed by atoms with Gasteiger partial charge in [-0.2, -0.15) is 0 Å². The molecule has 2 aliphatic heterocycles.